The lowest BCUT2D eigenvalue weighted by molar-refractivity contribution is 1.28. The summed E-state index contributed by atoms with van der Waals surface area (Å²) in [5.41, 5.74) is 1.55. The number of fused-ring (bicyclic) bond motifs is 6. The van der Waals surface area contributed by atoms with Crippen molar-refractivity contribution >= 4 is 32.7 Å². The molecule has 3 heterocycles. The van der Waals surface area contributed by atoms with Crippen LogP contribution in [-0.4, -0.2) is 15.0 Å². The first kappa shape index (κ1) is 17.9. The van der Waals surface area contributed by atoms with Crippen molar-refractivity contribution in [1.82, 2.24) is 15.0 Å². The molecule has 0 amide bonds. The molecule has 0 aliphatic rings. The minimum absolute atomic E-state index is 0.0657. The van der Waals surface area contributed by atoms with Gasteiger partial charge in [-0.3, -0.25) is 0 Å². The second-order valence-corrected chi connectivity index (χ2v) is 6.08. The number of pyridine rings is 3. The summed E-state index contributed by atoms with van der Waals surface area (Å²) in [6.45, 7) is 0. The van der Waals surface area contributed by atoms with Crippen LogP contribution in [0.25, 0.3) is 32.7 Å². The molecule has 30 heavy (non-hydrogen) atoms. The molecule has 7 heteroatoms. The summed E-state index contributed by atoms with van der Waals surface area (Å²) < 4.78 is 0. The summed E-state index contributed by atoms with van der Waals surface area (Å²) in [6, 6.07) is 12.4. The number of terminal acetylenes is 2. The summed E-state index contributed by atoms with van der Waals surface area (Å²) in [5, 5.41) is 39.1. The highest BCUT2D eigenvalue weighted by Gasteiger charge is 2.19. The second-order valence-electron chi connectivity index (χ2n) is 6.08. The van der Waals surface area contributed by atoms with Gasteiger partial charge in [0.2, 0.25) is 0 Å². The highest BCUT2D eigenvalue weighted by molar-refractivity contribution is 6.22. The van der Waals surface area contributed by atoms with Crippen molar-refractivity contribution in [3.63, 3.8) is 0 Å². The lowest BCUT2D eigenvalue weighted by Crippen LogP contribution is -2.00. The number of aromatic nitrogens is 3. The van der Waals surface area contributed by atoms with Crippen LogP contribution < -0.4 is 0 Å². The van der Waals surface area contributed by atoms with E-state index in [-0.39, 0.29) is 33.8 Å². The standard InChI is InChI=1S/C23H5N7/c1-3-18-12(8-24)5-15-16-6-14(10-26)20(11-27)30-22(16)23-17(21(15)28-18)7-13(9-25)19(4-2)29-23/h1-2,5-7H. The molecule has 4 aromatic rings. The van der Waals surface area contributed by atoms with Gasteiger partial charge in [-0.2, -0.15) is 21.0 Å². The zero-order valence-corrected chi connectivity index (χ0v) is 15.0. The van der Waals surface area contributed by atoms with Gasteiger partial charge in [0, 0.05) is 16.2 Å². The van der Waals surface area contributed by atoms with E-state index in [1.165, 1.54) is 12.1 Å². The number of hydrogen-bond donors (Lipinski definition) is 0. The van der Waals surface area contributed by atoms with E-state index in [4.69, 9.17) is 12.8 Å². The van der Waals surface area contributed by atoms with E-state index in [9.17, 15) is 21.0 Å². The second kappa shape index (κ2) is 6.60. The third-order valence-electron chi connectivity index (χ3n) is 4.58. The summed E-state index contributed by atoms with van der Waals surface area (Å²) in [6.07, 6.45) is 11.0. The van der Waals surface area contributed by atoms with Crippen molar-refractivity contribution < 1.29 is 0 Å². The van der Waals surface area contributed by atoms with E-state index in [0.29, 0.717) is 32.7 Å². The molecule has 1 aromatic carbocycles. The maximum atomic E-state index is 9.45. The van der Waals surface area contributed by atoms with Gasteiger partial charge in [-0.05, 0) is 30.0 Å². The van der Waals surface area contributed by atoms with Crippen LogP contribution in [0.2, 0.25) is 0 Å². The highest BCUT2D eigenvalue weighted by atomic mass is 14.8. The predicted octanol–water partition coefficient (Wildman–Crippen LogP) is 2.78. The van der Waals surface area contributed by atoms with Gasteiger partial charge in [-0.1, -0.05) is 0 Å². The molecule has 7 nitrogen and oxygen atoms in total. The van der Waals surface area contributed by atoms with Crippen LogP contribution in [0.4, 0.5) is 0 Å². The Morgan fingerprint density at radius 1 is 0.533 bits per heavy atom. The van der Waals surface area contributed by atoms with Gasteiger partial charge in [0.05, 0.1) is 27.7 Å². The number of benzene rings is 1. The number of rotatable bonds is 0. The van der Waals surface area contributed by atoms with Gasteiger partial charge in [0.1, 0.15) is 41.2 Å². The van der Waals surface area contributed by atoms with Crippen molar-refractivity contribution in [3.05, 3.63) is 52.0 Å². The van der Waals surface area contributed by atoms with Crippen molar-refractivity contribution in [1.29, 1.82) is 21.0 Å². The zero-order chi connectivity index (χ0) is 21.4. The Hall–Kier alpha value is -5.47. The maximum Gasteiger partial charge on any atom is 0.159 e. The predicted molar refractivity (Wildman–Crippen MR) is 107 cm³/mol. The van der Waals surface area contributed by atoms with Crippen LogP contribution >= 0.6 is 0 Å². The van der Waals surface area contributed by atoms with Crippen LogP contribution in [0.5, 0.6) is 0 Å². The molecule has 3 aromatic heterocycles. The monoisotopic (exact) mass is 379 g/mol. The number of hydrogen-bond acceptors (Lipinski definition) is 7. The summed E-state index contributed by atoms with van der Waals surface area (Å²) in [5.74, 6) is 4.75. The van der Waals surface area contributed by atoms with Crippen molar-refractivity contribution in [2.45, 2.75) is 0 Å². The van der Waals surface area contributed by atoms with Gasteiger partial charge in [-0.25, -0.2) is 15.0 Å². The zero-order valence-electron chi connectivity index (χ0n) is 15.0. The van der Waals surface area contributed by atoms with Crippen molar-refractivity contribution in [3.8, 4) is 49.0 Å². The molecule has 0 fully saturated rings. The Balaban J connectivity index is 2.42. The van der Waals surface area contributed by atoms with E-state index < -0.39 is 0 Å². The van der Waals surface area contributed by atoms with Crippen LogP contribution in [0.1, 0.15) is 33.8 Å². The Labute approximate surface area is 170 Å². The first-order chi connectivity index (χ1) is 14.6. The minimum atomic E-state index is -0.0761. The van der Waals surface area contributed by atoms with Gasteiger partial charge in [0.15, 0.2) is 5.69 Å². The molecule has 0 unspecified atom stereocenters. The quantitative estimate of drug-likeness (QED) is 0.339. The van der Waals surface area contributed by atoms with E-state index >= 15 is 0 Å². The first-order valence-corrected chi connectivity index (χ1v) is 8.30. The smallest absolute Gasteiger partial charge is 0.159 e. The molecule has 0 aliphatic heterocycles. The first-order valence-electron chi connectivity index (χ1n) is 8.30. The topological polar surface area (TPSA) is 134 Å². The average Bonchev–Trinajstić information content (AvgIpc) is 2.81. The lowest BCUT2D eigenvalue weighted by atomic mass is 9.98. The molecule has 0 atom stereocenters. The maximum absolute atomic E-state index is 9.45. The molecule has 0 spiro atoms. The molecule has 132 valence electrons. The van der Waals surface area contributed by atoms with Crippen molar-refractivity contribution in [2.24, 2.45) is 0 Å². The Morgan fingerprint density at radius 3 is 1.43 bits per heavy atom. The molecular formula is C23H5N7. The van der Waals surface area contributed by atoms with Gasteiger partial charge in [0.25, 0.3) is 0 Å². The molecule has 0 saturated heterocycles. The molecule has 0 aliphatic carbocycles. The van der Waals surface area contributed by atoms with Crippen molar-refractivity contribution in [2.75, 3.05) is 0 Å². The molecule has 4 rings (SSSR count). The normalized spacial score (nSPS) is 9.80. The Morgan fingerprint density at radius 2 is 0.933 bits per heavy atom. The fourth-order valence-corrected chi connectivity index (χ4v) is 3.26. The number of nitrogens with zero attached hydrogens (tertiary/aromatic N) is 7. The molecule has 0 bridgehead atoms. The molecule has 0 saturated carbocycles. The molecular weight excluding hydrogens is 374 g/mol. The van der Waals surface area contributed by atoms with Crippen LogP contribution in [0.15, 0.2) is 18.2 Å². The van der Waals surface area contributed by atoms with Gasteiger partial charge < -0.3 is 0 Å². The average molecular weight is 379 g/mol. The fourth-order valence-electron chi connectivity index (χ4n) is 3.26. The van der Waals surface area contributed by atoms with Crippen LogP contribution in [-0.2, 0) is 0 Å². The Kier molecular flexibility index (Phi) is 3.94. The molecule has 0 N–H and O–H groups in total. The third-order valence-corrected chi connectivity index (χ3v) is 4.58. The van der Waals surface area contributed by atoms with Crippen LogP contribution in [0, 0.1) is 70.0 Å². The fraction of sp³-hybridized carbons (Fsp3) is 0. The SMILES string of the molecule is C#Cc1nc2c(cc1C#N)c1cc(C#N)c(C#N)nc1c1nc(C#C)c(C#N)cc21. The lowest BCUT2D eigenvalue weighted by Gasteiger charge is -2.11. The van der Waals surface area contributed by atoms with E-state index in [1.54, 1.807) is 6.07 Å². The minimum Gasteiger partial charge on any atom is -0.237 e. The van der Waals surface area contributed by atoms with E-state index in [0.717, 1.165) is 0 Å². The van der Waals surface area contributed by atoms with Gasteiger partial charge >= 0.3 is 0 Å². The summed E-state index contributed by atoms with van der Waals surface area (Å²) in [4.78, 5) is 13.2. The van der Waals surface area contributed by atoms with E-state index in [1.807, 2.05) is 24.3 Å². The largest absolute Gasteiger partial charge is 0.237 e. The van der Waals surface area contributed by atoms with E-state index in [2.05, 4.69) is 26.8 Å². The Bertz CT molecular complexity index is 1340. The summed E-state index contributed by atoms with van der Waals surface area (Å²) in [7, 11) is 0. The number of nitriles is 4. The summed E-state index contributed by atoms with van der Waals surface area (Å²) >= 11 is 0. The van der Waals surface area contributed by atoms with Crippen LogP contribution in [0.3, 0.4) is 0 Å². The third kappa shape index (κ3) is 2.36. The van der Waals surface area contributed by atoms with Gasteiger partial charge in [-0.15, -0.1) is 12.8 Å². The highest BCUT2D eigenvalue weighted by Crippen LogP contribution is 2.35. The molecule has 0 radical (unpaired) electrons.